The highest BCUT2D eigenvalue weighted by Crippen LogP contribution is 2.17. The average molecular weight is 223 g/mol. The third kappa shape index (κ3) is 1.82. The number of aryl methyl sites for hydroxylation is 1. The van der Waals surface area contributed by atoms with Gasteiger partial charge in [0.25, 0.3) is 5.89 Å². The van der Waals surface area contributed by atoms with Crippen LogP contribution in [0.2, 0.25) is 0 Å². The van der Waals surface area contributed by atoms with Crippen LogP contribution >= 0.6 is 0 Å². The van der Waals surface area contributed by atoms with E-state index in [1.807, 2.05) is 13.2 Å². The number of methoxy groups -OCH3 is 1. The van der Waals surface area contributed by atoms with Gasteiger partial charge in [0.05, 0.1) is 0 Å². The number of aromatic nitrogens is 4. The van der Waals surface area contributed by atoms with E-state index in [0.717, 1.165) is 0 Å². The van der Waals surface area contributed by atoms with Crippen LogP contribution in [0.4, 0.5) is 0 Å². The molecule has 0 bridgehead atoms. The molecule has 0 aromatic carbocycles. The van der Waals surface area contributed by atoms with E-state index in [4.69, 9.17) is 15.0 Å². The first-order chi connectivity index (χ1) is 7.76. The van der Waals surface area contributed by atoms with Crippen molar-refractivity contribution >= 4 is 0 Å². The maximum atomic E-state index is 5.50. The Hall–Kier alpha value is -1.73. The second kappa shape index (κ2) is 4.42. The third-order valence-electron chi connectivity index (χ3n) is 2.24. The number of nitrogens with zero attached hydrogens (tertiary/aromatic N) is 4. The van der Waals surface area contributed by atoms with E-state index in [2.05, 4.69) is 15.1 Å². The zero-order valence-corrected chi connectivity index (χ0v) is 9.12. The molecule has 1 unspecified atom stereocenters. The van der Waals surface area contributed by atoms with Crippen molar-refractivity contribution in [3.05, 3.63) is 18.3 Å². The first-order valence-corrected chi connectivity index (χ1v) is 4.80. The van der Waals surface area contributed by atoms with E-state index in [9.17, 15) is 0 Å². The Morgan fingerprint density at radius 2 is 2.44 bits per heavy atom. The van der Waals surface area contributed by atoms with Gasteiger partial charge in [0, 0.05) is 33.1 Å². The van der Waals surface area contributed by atoms with Crippen molar-refractivity contribution in [3.8, 4) is 11.6 Å². The zero-order valence-electron chi connectivity index (χ0n) is 9.12. The highest BCUT2D eigenvalue weighted by atomic mass is 16.5. The van der Waals surface area contributed by atoms with Crippen LogP contribution in [0.3, 0.4) is 0 Å². The van der Waals surface area contributed by atoms with Gasteiger partial charge < -0.3 is 19.6 Å². The summed E-state index contributed by atoms with van der Waals surface area (Å²) in [6.45, 7) is 0.290. The molecule has 2 aromatic rings. The predicted molar refractivity (Wildman–Crippen MR) is 55.3 cm³/mol. The smallest absolute Gasteiger partial charge is 0.257 e. The fourth-order valence-electron chi connectivity index (χ4n) is 1.34. The van der Waals surface area contributed by atoms with Gasteiger partial charge in [-0.05, 0) is 0 Å². The molecule has 0 aliphatic carbocycles. The quantitative estimate of drug-likeness (QED) is 0.791. The Morgan fingerprint density at radius 3 is 3.00 bits per heavy atom. The fourth-order valence-corrected chi connectivity index (χ4v) is 1.34. The molecule has 2 rings (SSSR count). The summed E-state index contributed by atoms with van der Waals surface area (Å²) in [7, 11) is 3.40. The maximum absolute atomic E-state index is 5.50. The lowest BCUT2D eigenvalue weighted by Crippen LogP contribution is -2.14. The van der Waals surface area contributed by atoms with Gasteiger partial charge >= 0.3 is 0 Å². The van der Waals surface area contributed by atoms with Gasteiger partial charge in [0.15, 0.2) is 5.82 Å². The molecule has 0 spiro atoms. The predicted octanol–water partition coefficient (Wildman–Crippen LogP) is 0.116. The van der Waals surface area contributed by atoms with Gasteiger partial charge in [0.2, 0.25) is 5.82 Å². The number of rotatable bonds is 4. The van der Waals surface area contributed by atoms with Crippen LogP contribution in [0, 0.1) is 0 Å². The highest BCUT2D eigenvalue weighted by molar-refractivity contribution is 5.42. The molecule has 7 heteroatoms. The van der Waals surface area contributed by atoms with E-state index in [1.165, 1.54) is 0 Å². The molecule has 0 radical (unpaired) electrons. The largest absolute Gasteiger partial charge is 0.370 e. The lowest BCUT2D eigenvalue weighted by molar-refractivity contribution is 0.0804. The molecular weight excluding hydrogens is 210 g/mol. The van der Waals surface area contributed by atoms with Crippen LogP contribution in [0.5, 0.6) is 0 Å². The number of imidazole rings is 1. The second-order valence-electron chi connectivity index (χ2n) is 3.28. The first-order valence-electron chi connectivity index (χ1n) is 4.80. The second-order valence-corrected chi connectivity index (χ2v) is 3.28. The molecule has 2 heterocycles. The van der Waals surface area contributed by atoms with Crippen molar-refractivity contribution in [2.24, 2.45) is 12.8 Å². The van der Waals surface area contributed by atoms with E-state index >= 15 is 0 Å². The summed E-state index contributed by atoms with van der Waals surface area (Å²) < 4.78 is 12.0. The minimum Gasteiger partial charge on any atom is -0.370 e. The molecule has 0 saturated heterocycles. The van der Waals surface area contributed by atoms with Crippen molar-refractivity contribution in [2.75, 3.05) is 13.7 Å². The Kier molecular flexibility index (Phi) is 2.97. The maximum Gasteiger partial charge on any atom is 0.257 e. The van der Waals surface area contributed by atoms with Crippen LogP contribution in [-0.2, 0) is 11.8 Å². The fraction of sp³-hybridized carbons (Fsp3) is 0.444. The Bertz CT molecular complexity index is 460. The minimum absolute atomic E-state index is 0.290. The van der Waals surface area contributed by atoms with Crippen molar-refractivity contribution in [2.45, 2.75) is 6.10 Å². The van der Waals surface area contributed by atoms with Crippen molar-refractivity contribution in [3.63, 3.8) is 0 Å². The number of ether oxygens (including phenoxy) is 1. The van der Waals surface area contributed by atoms with Crippen molar-refractivity contribution < 1.29 is 9.26 Å². The first kappa shape index (κ1) is 10.8. The molecular formula is C9H13N5O2. The van der Waals surface area contributed by atoms with E-state index in [0.29, 0.717) is 24.1 Å². The van der Waals surface area contributed by atoms with Crippen molar-refractivity contribution in [1.29, 1.82) is 0 Å². The average Bonchev–Trinajstić information content (AvgIpc) is 2.89. The normalized spacial score (nSPS) is 12.9. The topological polar surface area (TPSA) is 92.0 Å². The summed E-state index contributed by atoms with van der Waals surface area (Å²) in [5, 5.41) is 3.83. The van der Waals surface area contributed by atoms with E-state index in [-0.39, 0.29) is 6.10 Å². The monoisotopic (exact) mass is 223 g/mol. The van der Waals surface area contributed by atoms with Crippen LogP contribution in [0.15, 0.2) is 16.9 Å². The summed E-state index contributed by atoms with van der Waals surface area (Å²) in [6.07, 6.45) is 3.10. The molecule has 1 atom stereocenters. The summed E-state index contributed by atoms with van der Waals surface area (Å²) in [5.41, 5.74) is 5.50. The van der Waals surface area contributed by atoms with Gasteiger partial charge in [-0.25, -0.2) is 4.98 Å². The lowest BCUT2D eigenvalue weighted by Gasteiger charge is -2.05. The standard InChI is InChI=1S/C9H13N5O2/c1-14-4-3-11-8(14)7-12-9(16-13-7)6(5-10)15-2/h3-4,6H,5,10H2,1-2H3. The third-order valence-corrected chi connectivity index (χ3v) is 2.24. The van der Waals surface area contributed by atoms with Crippen LogP contribution < -0.4 is 5.73 Å². The van der Waals surface area contributed by atoms with Crippen molar-refractivity contribution in [1.82, 2.24) is 19.7 Å². The zero-order chi connectivity index (χ0) is 11.5. The van der Waals surface area contributed by atoms with Gasteiger partial charge in [-0.3, -0.25) is 0 Å². The highest BCUT2D eigenvalue weighted by Gasteiger charge is 2.19. The molecule has 2 aromatic heterocycles. The molecule has 0 fully saturated rings. The lowest BCUT2D eigenvalue weighted by atomic mass is 10.3. The summed E-state index contributed by atoms with van der Waals surface area (Å²) >= 11 is 0. The summed E-state index contributed by atoms with van der Waals surface area (Å²) in [5.74, 6) is 1.43. The van der Waals surface area contributed by atoms with E-state index < -0.39 is 0 Å². The van der Waals surface area contributed by atoms with Gasteiger partial charge in [-0.15, -0.1) is 0 Å². The van der Waals surface area contributed by atoms with Gasteiger partial charge in [-0.2, -0.15) is 4.98 Å². The number of hydrogen-bond acceptors (Lipinski definition) is 6. The van der Waals surface area contributed by atoms with Crippen LogP contribution in [0.1, 0.15) is 12.0 Å². The van der Waals surface area contributed by atoms with E-state index in [1.54, 1.807) is 17.9 Å². The molecule has 16 heavy (non-hydrogen) atoms. The molecule has 0 aliphatic heterocycles. The SMILES string of the molecule is COC(CN)c1nc(-c2nccn2C)no1. The molecule has 2 N–H and O–H groups in total. The van der Waals surface area contributed by atoms with Crippen LogP contribution in [0.25, 0.3) is 11.6 Å². The Labute approximate surface area is 92.2 Å². The summed E-state index contributed by atoms with van der Waals surface area (Å²) in [4.78, 5) is 8.31. The molecule has 0 aliphatic rings. The van der Waals surface area contributed by atoms with Crippen LogP contribution in [-0.4, -0.2) is 33.3 Å². The van der Waals surface area contributed by atoms with Gasteiger partial charge in [-0.1, -0.05) is 5.16 Å². The molecule has 0 amide bonds. The number of hydrogen-bond donors (Lipinski definition) is 1. The minimum atomic E-state index is -0.374. The molecule has 0 saturated carbocycles. The Balaban J connectivity index is 2.29. The molecule has 7 nitrogen and oxygen atoms in total. The van der Waals surface area contributed by atoms with Gasteiger partial charge in [0.1, 0.15) is 6.10 Å². The number of nitrogens with two attached hydrogens (primary N) is 1. The molecule has 86 valence electrons. The Morgan fingerprint density at radius 1 is 1.62 bits per heavy atom. The summed E-state index contributed by atoms with van der Waals surface area (Å²) in [6, 6.07) is 0.